The smallest absolute Gasteiger partial charge is 0.195 e. The van der Waals surface area contributed by atoms with Crippen molar-refractivity contribution >= 4 is 34.1 Å². The largest absolute Gasteiger partial charge is 0.399 e. The SMILES string of the molecule is CO/N=C\c1c(Cl)nc2sccn12. The number of oxime groups is 1. The Hall–Kier alpha value is -1.07. The number of nitrogens with zero attached hydrogens (tertiary/aromatic N) is 3. The molecular formula is C7H6ClN3OS. The summed E-state index contributed by atoms with van der Waals surface area (Å²) < 4.78 is 1.86. The van der Waals surface area contributed by atoms with E-state index in [0.29, 0.717) is 5.15 Å². The molecule has 0 aromatic carbocycles. The second-order valence-electron chi connectivity index (χ2n) is 2.26. The monoisotopic (exact) mass is 215 g/mol. The number of halogens is 1. The molecule has 0 bridgehead atoms. The zero-order valence-electron chi connectivity index (χ0n) is 6.77. The first kappa shape index (κ1) is 8.52. The fourth-order valence-corrected chi connectivity index (χ4v) is 1.99. The molecule has 2 aromatic rings. The molecule has 0 radical (unpaired) electrons. The van der Waals surface area contributed by atoms with Crippen molar-refractivity contribution in [2.45, 2.75) is 0 Å². The van der Waals surface area contributed by atoms with Crippen LogP contribution in [0.4, 0.5) is 0 Å². The quantitative estimate of drug-likeness (QED) is 0.568. The van der Waals surface area contributed by atoms with E-state index in [2.05, 4.69) is 15.0 Å². The molecule has 0 atom stereocenters. The maximum absolute atomic E-state index is 5.87. The van der Waals surface area contributed by atoms with E-state index in [-0.39, 0.29) is 0 Å². The zero-order chi connectivity index (χ0) is 9.26. The van der Waals surface area contributed by atoms with Gasteiger partial charge in [-0.15, -0.1) is 11.3 Å². The molecule has 0 aliphatic heterocycles. The predicted molar refractivity (Wildman–Crippen MR) is 52.7 cm³/mol. The van der Waals surface area contributed by atoms with Crippen molar-refractivity contribution in [2.24, 2.45) is 5.16 Å². The van der Waals surface area contributed by atoms with Crippen LogP contribution in [0.1, 0.15) is 5.69 Å². The molecule has 4 nitrogen and oxygen atoms in total. The summed E-state index contributed by atoms with van der Waals surface area (Å²) in [6.07, 6.45) is 3.42. The molecule has 0 spiro atoms. The van der Waals surface area contributed by atoms with Crippen molar-refractivity contribution < 1.29 is 4.84 Å². The first-order chi connectivity index (χ1) is 6.33. The van der Waals surface area contributed by atoms with Gasteiger partial charge in [0.1, 0.15) is 12.8 Å². The van der Waals surface area contributed by atoms with Gasteiger partial charge in [-0.25, -0.2) is 4.98 Å². The summed E-state index contributed by atoms with van der Waals surface area (Å²) in [5, 5.41) is 6.01. The molecule has 2 heterocycles. The van der Waals surface area contributed by atoms with Crippen LogP contribution in [-0.4, -0.2) is 22.7 Å². The van der Waals surface area contributed by atoms with Gasteiger partial charge in [0.2, 0.25) is 0 Å². The Kier molecular flexibility index (Phi) is 2.20. The van der Waals surface area contributed by atoms with E-state index in [4.69, 9.17) is 11.6 Å². The van der Waals surface area contributed by atoms with Crippen molar-refractivity contribution in [1.29, 1.82) is 0 Å². The minimum Gasteiger partial charge on any atom is -0.399 e. The van der Waals surface area contributed by atoms with Gasteiger partial charge in [-0.2, -0.15) is 0 Å². The zero-order valence-corrected chi connectivity index (χ0v) is 8.34. The maximum atomic E-state index is 5.87. The van der Waals surface area contributed by atoms with Crippen LogP contribution in [0.5, 0.6) is 0 Å². The average Bonchev–Trinajstić information content (AvgIpc) is 2.62. The molecule has 0 aliphatic carbocycles. The third-order valence-corrected chi connectivity index (χ3v) is 2.57. The molecule has 0 amide bonds. The summed E-state index contributed by atoms with van der Waals surface area (Å²) in [5.74, 6) is 0. The molecule has 6 heteroatoms. The van der Waals surface area contributed by atoms with Gasteiger partial charge in [-0.3, -0.25) is 4.40 Å². The summed E-state index contributed by atoms with van der Waals surface area (Å²) in [6, 6.07) is 0. The summed E-state index contributed by atoms with van der Waals surface area (Å²) in [7, 11) is 1.48. The Morgan fingerprint density at radius 2 is 2.62 bits per heavy atom. The van der Waals surface area contributed by atoms with E-state index >= 15 is 0 Å². The van der Waals surface area contributed by atoms with E-state index in [1.54, 1.807) is 0 Å². The van der Waals surface area contributed by atoms with Gasteiger partial charge in [0, 0.05) is 11.6 Å². The van der Waals surface area contributed by atoms with Crippen LogP contribution in [-0.2, 0) is 4.84 Å². The lowest BCUT2D eigenvalue weighted by Gasteiger charge is -1.89. The Morgan fingerprint density at radius 3 is 3.38 bits per heavy atom. The number of imidazole rings is 1. The highest BCUT2D eigenvalue weighted by atomic mass is 35.5. The molecule has 0 aliphatic rings. The van der Waals surface area contributed by atoms with Crippen LogP contribution < -0.4 is 0 Å². The lowest BCUT2D eigenvalue weighted by atomic mass is 10.5. The fourth-order valence-electron chi connectivity index (χ4n) is 0.995. The summed E-state index contributed by atoms with van der Waals surface area (Å²) in [4.78, 5) is 9.54. The van der Waals surface area contributed by atoms with E-state index in [0.717, 1.165) is 10.7 Å². The number of hydrogen-bond acceptors (Lipinski definition) is 4. The number of fused-ring (bicyclic) bond motifs is 1. The molecule has 0 fully saturated rings. The molecule has 2 aromatic heterocycles. The number of hydrogen-bond donors (Lipinski definition) is 0. The van der Waals surface area contributed by atoms with Crippen LogP contribution in [0, 0.1) is 0 Å². The van der Waals surface area contributed by atoms with E-state index in [9.17, 15) is 0 Å². The third-order valence-electron chi connectivity index (χ3n) is 1.53. The summed E-state index contributed by atoms with van der Waals surface area (Å²) in [6.45, 7) is 0. The number of rotatable bonds is 2. The van der Waals surface area contributed by atoms with Crippen molar-refractivity contribution in [3.05, 3.63) is 22.4 Å². The molecule has 0 unspecified atom stereocenters. The molecule has 68 valence electrons. The molecule has 13 heavy (non-hydrogen) atoms. The van der Waals surface area contributed by atoms with Crippen LogP contribution in [0.2, 0.25) is 5.15 Å². The highest BCUT2D eigenvalue weighted by molar-refractivity contribution is 7.15. The van der Waals surface area contributed by atoms with E-state index < -0.39 is 0 Å². The summed E-state index contributed by atoms with van der Waals surface area (Å²) >= 11 is 7.39. The Morgan fingerprint density at radius 1 is 1.77 bits per heavy atom. The minimum atomic E-state index is 0.438. The molecule has 2 rings (SSSR count). The van der Waals surface area contributed by atoms with Crippen molar-refractivity contribution in [1.82, 2.24) is 9.38 Å². The van der Waals surface area contributed by atoms with Crippen LogP contribution in [0.3, 0.4) is 0 Å². The van der Waals surface area contributed by atoms with E-state index in [1.807, 2.05) is 16.0 Å². The second kappa shape index (κ2) is 3.35. The Balaban J connectivity index is 2.57. The summed E-state index contributed by atoms with van der Waals surface area (Å²) in [5.41, 5.74) is 0.736. The first-order valence-corrected chi connectivity index (χ1v) is 4.76. The van der Waals surface area contributed by atoms with Crippen LogP contribution in [0.15, 0.2) is 16.7 Å². The molecule has 0 N–H and O–H groups in total. The van der Waals surface area contributed by atoms with Gasteiger partial charge in [-0.1, -0.05) is 16.8 Å². The van der Waals surface area contributed by atoms with Gasteiger partial charge in [0.15, 0.2) is 10.1 Å². The third kappa shape index (κ3) is 1.40. The number of thiazole rings is 1. The predicted octanol–water partition coefficient (Wildman–Crippen LogP) is 2.03. The first-order valence-electron chi connectivity index (χ1n) is 3.50. The minimum absolute atomic E-state index is 0.438. The van der Waals surface area contributed by atoms with Crippen molar-refractivity contribution in [3.8, 4) is 0 Å². The van der Waals surface area contributed by atoms with Gasteiger partial charge in [0.05, 0.1) is 6.21 Å². The average molecular weight is 216 g/mol. The van der Waals surface area contributed by atoms with Gasteiger partial charge in [-0.05, 0) is 0 Å². The normalized spacial score (nSPS) is 11.5. The van der Waals surface area contributed by atoms with Gasteiger partial charge in [0.25, 0.3) is 0 Å². The molecule has 0 saturated carbocycles. The lowest BCUT2D eigenvalue weighted by molar-refractivity contribution is 0.215. The standard InChI is InChI=1S/C7H6ClN3OS/c1-12-9-4-5-6(8)10-7-11(5)2-3-13-7/h2-4H,1H3/b9-4-. The lowest BCUT2D eigenvalue weighted by Crippen LogP contribution is -1.88. The highest BCUT2D eigenvalue weighted by Gasteiger charge is 2.08. The number of aromatic nitrogens is 2. The maximum Gasteiger partial charge on any atom is 0.195 e. The van der Waals surface area contributed by atoms with Crippen molar-refractivity contribution in [2.75, 3.05) is 7.11 Å². The fraction of sp³-hybridized carbons (Fsp3) is 0.143. The Labute approximate surface area is 83.4 Å². The van der Waals surface area contributed by atoms with Crippen LogP contribution in [0.25, 0.3) is 4.96 Å². The van der Waals surface area contributed by atoms with Gasteiger partial charge >= 0.3 is 0 Å². The second-order valence-corrected chi connectivity index (χ2v) is 3.49. The molecule has 0 saturated heterocycles. The van der Waals surface area contributed by atoms with Crippen molar-refractivity contribution in [3.63, 3.8) is 0 Å². The van der Waals surface area contributed by atoms with Crippen LogP contribution >= 0.6 is 22.9 Å². The van der Waals surface area contributed by atoms with Gasteiger partial charge < -0.3 is 4.84 Å². The van der Waals surface area contributed by atoms with E-state index in [1.165, 1.54) is 24.7 Å². The molecular weight excluding hydrogens is 210 g/mol. The topological polar surface area (TPSA) is 38.9 Å². The highest BCUT2D eigenvalue weighted by Crippen LogP contribution is 2.19. The Bertz CT molecular complexity index is 447.